The first-order chi connectivity index (χ1) is 15.1. The van der Waals surface area contributed by atoms with Crippen molar-refractivity contribution in [2.45, 2.75) is 26.8 Å². The van der Waals surface area contributed by atoms with Gasteiger partial charge < -0.3 is 24.4 Å². The molecule has 0 aromatic heterocycles. The van der Waals surface area contributed by atoms with E-state index < -0.39 is 0 Å². The molecule has 1 heterocycles. The molecule has 1 aliphatic rings. The molecule has 0 radical (unpaired) electrons. The molecule has 31 heavy (non-hydrogen) atoms. The van der Waals surface area contributed by atoms with Gasteiger partial charge in [-0.25, -0.2) is 0 Å². The molecule has 3 rings (SSSR count). The summed E-state index contributed by atoms with van der Waals surface area (Å²) in [6, 6.07) is 13.9. The number of anilines is 1. The van der Waals surface area contributed by atoms with Crippen LogP contribution >= 0.6 is 0 Å². The van der Waals surface area contributed by atoms with Gasteiger partial charge >= 0.3 is 0 Å². The molecule has 166 valence electrons. The second kappa shape index (κ2) is 11.4. The fourth-order valence-corrected chi connectivity index (χ4v) is 3.48. The maximum Gasteiger partial charge on any atom is 0.244 e. The lowest BCUT2D eigenvalue weighted by molar-refractivity contribution is -0.117. The normalized spacial score (nSPS) is 15.0. The number of hydrogen-bond acceptors (Lipinski definition) is 5. The Labute approximate surface area is 184 Å². The van der Waals surface area contributed by atoms with E-state index in [0.717, 1.165) is 37.4 Å². The average molecular weight is 425 g/mol. The number of benzene rings is 2. The molecule has 6 heteroatoms. The largest absolute Gasteiger partial charge is 0.490 e. The van der Waals surface area contributed by atoms with E-state index in [4.69, 9.17) is 14.2 Å². The van der Waals surface area contributed by atoms with Crippen LogP contribution in [0.3, 0.4) is 0 Å². The molecule has 1 saturated heterocycles. The molecule has 1 unspecified atom stereocenters. The molecule has 0 spiro atoms. The molecule has 1 atom stereocenters. The summed E-state index contributed by atoms with van der Waals surface area (Å²) in [4.78, 5) is 14.7. The fraction of sp³-hybridized carbons (Fsp3) is 0.400. The first kappa shape index (κ1) is 22.7. The molecule has 1 fully saturated rings. The van der Waals surface area contributed by atoms with E-state index in [9.17, 15) is 4.79 Å². The van der Waals surface area contributed by atoms with Crippen LogP contribution in [-0.2, 0) is 9.53 Å². The van der Waals surface area contributed by atoms with Gasteiger partial charge in [-0.1, -0.05) is 18.2 Å². The van der Waals surface area contributed by atoms with Crippen molar-refractivity contribution < 1.29 is 19.0 Å². The predicted molar refractivity (Wildman–Crippen MR) is 124 cm³/mol. The van der Waals surface area contributed by atoms with E-state index >= 15 is 0 Å². The molecule has 1 N–H and O–H groups in total. The Morgan fingerprint density at radius 3 is 2.42 bits per heavy atom. The van der Waals surface area contributed by atoms with Crippen LogP contribution in [0.5, 0.6) is 11.5 Å². The quantitative estimate of drug-likeness (QED) is 0.611. The number of ether oxygens (including phenoxy) is 3. The molecule has 0 saturated carbocycles. The van der Waals surface area contributed by atoms with E-state index in [1.54, 1.807) is 12.2 Å². The Hall–Kier alpha value is -2.99. The van der Waals surface area contributed by atoms with Gasteiger partial charge in [0.15, 0.2) is 11.5 Å². The zero-order chi connectivity index (χ0) is 22.1. The summed E-state index contributed by atoms with van der Waals surface area (Å²) in [5, 5.41) is 3.02. The van der Waals surface area contributed by atoms with Gasteiger partial charge in [-0.15, -0.1) is 0 Å². The van der Waals surface area contributed by atoms with Crippen molar-refractivity contribution in [3.05, 3.63) is 59.7 Å². The van der Waals surface area contributed by atoms with Crippen LogP contribution in [0, 0.1) is 0 Å². The highest BCUT2D eigenvalue weighted by atomic mass is 16.5. The van der Waals surface area contributed by atoms with Crippen LogP contribution in [-0.4, -0.2) is 45.4 Å². The highest BCUT2D eigenvalue weighted by molar-refractivity contribution is 5.92. The Balaban J connectivity index is 1.58. The Bertz CT molecular complexity index is 874. The first-order valence-corrected chi connectivity index (χ1v) is 10.9. The first-order valence-electron chi connectivity index (χ1n) is 10.9. The second-order valence-electron chi connectivity index (χ2n) is 7.33. The van der Waals surface area contributed by atoms with Gasteiger partial charge in [-0.3, -0.25) is 4.79 Å². The SMILES string of the molecule is CCOc1ccc(/C=C/C(=O)NC(C)c2ccc(N3CCOCC3)cc2)cc1OCC. The van der Waals surface area contributed by atoms with Crippen LogP contribution in [0.4, 0.5) is 5.69 Å². The van der Waals surface area contributed by atoms with Gasteiger partial charge in [-0.05, 0) is 62.2 Å². The van der Waals surface area contributed by atoms with Crippen molar-refractivity contribution in [2.24, 2.45) is 0 Å². The summed E-state index contributed by atoms with van der Waals surface area (Å²) in [6.07, 6.45) is 3.33. The number of morpholine rings is 1. The third-order valence-electron chi connectivity index (χ3n) is 5.12. The van der Waals surface area contributed by atoms with Gasteiger partial charge in [-0.2, -0.15) is 0 Å². The van der Waals surface area contributed by atoms with E-state index in [1.807, 2.05) is 39.0 Å². The lowest BCUT2D eigenvalue weighted by Gasteiger charge is -2.29. The van der Waals surface area contributed by atoms with Gasteiger partial charge in [0.25, 0.3) is 0 Å². The predicted octanol–water partition coefficient (Wildman–Crippen LogP) is 4.21. The van der Waals surface area contributed by atoms with E-state index in [0.29, 0.717) is 24.7 Å². The molecular weight excluding hydrogens is 392 g/mol. The third-order valence-corrected chi connectivity index (χ3v) is 5.12. The highest BCUT2D eigenvalue weighted by Gasteiger charge is 2.13. The van der Waals surface area contributed by atoms with Crippen LogP contribution in [0.2, 0.25) is 0 Å². The van der Waals surface area contributed by atoms with Crippen molar-refractivity contribution in [1.82, 2.24) is 5.32 Å². The molecule has 2 aromatic carbocycles. The van der Waals surface area contributed by atoms with Crippen molar-refractivity contribution in [1.29, 1.82) is 0 Å². The number of nitrogens with zero attached hydrogens (tertiary/aromatic N) is 1. The molecule has 0 bridgehead atoms. The number of carbonyl (C=O) groups is 1. The van der Waals surface area contributed by atoms with Crippen molar-refractivity contribution in [3.63, 3.8) is 0 Å². The third kappa shape index (κ3) is 6.49. The maximum atomic E-state index is 12.4. The monoisotopic (exact) mass is 424 g/mol. The molecule has 1 amide bonds. The lowest BCUT2D eigenvalue weighted by Crippen LogP contribution is -2.36. The molecule has 0 aliphatic carbocycles. The summed E-state index contributed by atoms with van der Waals surface area (Å²) in [6.45, 7) is 10.3. The fourth-order valence-electron chi connectivity index (χ4n) is 3.48. The van der Waals surface area contributed by atoms with Crippen molar-refractivity contribution in [3.8, 4) is 11.5 Å². The summed E-state index contributed by atoms with van der Waals surface area (Å²) >= 11 is 0. The summed E-state index contributed by atoms with van der Waals surface area (Å²) in [7, 11) is 0. The maximum absolute atomic E-state index is 12.4. The van der Waals surface area contributed by atoms with Gasteiger partial charge in [0.2, 0.25) is 5.91 Å². The van der Waals surface area contributed by atoms with Crippen LogP contribution in [0.25, 0.3) is 6.08 Å². The van der Waals surface area contributed by atoms with Gasteiger partial charge in [0.1, 0.15) is 0 Å². The number of nitrogens with one attached hydrogen (secondary N) is 1. The number of rotatable bonds is 9. The number of amides is 1. The molecule has 2 aromatic rings. The minimum atomic E-state index is -0.142. The molecular formula is C25H32N2O4. The summed E-state index contributed by atoms with van der Waals surface area (Å²) < 4.78 is 16.6. The zero-order valence-electron chi connectivity index (χ0n) is 18.6. The lowest BCUT2D eigenvalue weighted by atomic mass is 10.1. The second-order valence-corrected chi connectivity index (χ2v) is 7.33. The topological polar surface area (TPSA) is 60.0 Å². The Morgan fingerprint density at radius 2 is 1.74 bits per heavy atom. The van der Waals surface area contributed by atoms with Crippen molar-refractivity contribution in [2.75, 3.05) is 44.4 Å². The van der Waals surface area contributed by atoms with E-state index in [1.165, 1.54) is 5.69 Å². The van der Waals surface area contributed by atoms with Crippen LogP contribution in [0.15, 0.2) is 48.5 Å². The van der Waals surface area contributed by atoms with Crippen LogP contribution < -0.4 is 19.7 Å². The smallest absolute Gasteiger partial charge is 0.244 e. The Morgan fingerprint density at radius 1 is 1.06 bits per heavy atom. The van der Waals surface area contributed by atoms with E-state index in [-0.39, 0.29) is 11.9 Å². The summed E-state index contributed by atoms with van der Waals surface area (Å²) in [5.41, 5.74) is 3.13. The van der Waals surface area contributed by atoms with E-state index in [2.05, 4.69) is 34.5 Å². The summed E-state index contributed by atoms with van der Waals surface area (Å²) in [5.74, 6) is 1.25. The number of hydrogen-bond donors (Lipinski definition) is 1. The standard InChI is InChI=1S/C25H32N2O4/c1-4-30-23-12-6-20(18-24(23)31-5-2)7-13-25(28)26-19(3)21-8-10-22(11-9-21)27-14-16-29-17-15-27/h6-13,18-19H,4-5,14-17H2,1-3H3,(H,26,28)/b13-7+. The molecule has 1 aliphatic heterocycles. The minimum absolute atomic E-state index is 0.0878. The zero-order valence-corrected chi connectivity index (χ0v) is 18.6. The van der Waals surface area contributed by atoms with Crippen LogP contribution in [0.1, 0.15) is 37.9 Å². The molecule has 6 nitrogen and oxygen atoms in total. The van der Waals surface area contributed by atoms with Gasteiger partial charge in [0.05, 0.1) is 32.5 Å². The van der Waals surface area contributed by atoms with Gasteiger partial charge in [0, 0.05) is 24.9 Å². The number of carbonyl (C=O) groups excluding carboxylic acids is 1. The Kier molecular flexibility index (Phi) is 8.35. The highest BCUT2D eigenvalue weighted by Crippen LogP contribution is 2.29. The average Bonchev–Trinajstić information content (AvgIpc) is 2.80. The minimum Gasteiger partial charge on any atom is -0.490 e. The van der Waals surface area contributed by atoms with Crippen molar-refractivity contribution >= 4 is 17.7 Å².